The van der Waals surface area contributed by atoms with Crippen LogP contribution in [0.15, 0.2) is 12.1 Å². The van der Waals surface area contributed by atoms with Crippen molar-refractivity contribution in [3.8, 4) is 0 Å². The molecule has 1 aromatic heterocycles. The van der Waals surface area contributed by atoms with E-state index in [0.717, 1.165) is 17.1 Å². The monoisotopic (exact) mass is 244 g/mol. The lowest BCUT2D eigenvalue weighted by molar-refractivity contribution is 0.102. The summed E-state index contributed by atoms with van der Waals surface area (Å²) in [6.07, 6.45) is 1.01. The van der Waals surface area contributed by atoms with Gasteiger partial charge in [0, 0.05) is 17.7 Å². The maximum Gasteiger partial charge on any atom is 0.182 e. The van der Waals surface area contributed by atoms with E-state index < -0.39 is 0 Å². The average Bonchev–Trinajstić information content (AvgIpc) is 2.72. The summed E-state index contributed by atoms with van der Waals surface area (Å²) in [4.78, 5) is 13.8. The van der Waals surface area contributed by atoms with Crippen molar-refractivity contribution in [2.75, 3.05) is 25.2 Å². The SMILES string of the molecule is CCc1ccc(C(=O)CSCCOC)s1. The Morgan fingerprint density at radius 1 is 1.53 bits per heavy atom. The van der Waals surface area contributed by atoms with Crippen molar-refractivity contribution in [3.63, 3.8) is 0 Å². The Bertz CT molecular complexity index is 307. The van der Waals surface area contributed by atoms with Crippen LogP contribution < -0.4 is 0 Å². The number of thiophene rings is 1. The molecule has 0 radical (unpaired) electrons. The molecule has 4 heteroatoms. The summed E-state index contributed by atoms with van der Waals surface area (Å²) in [6, 6.07) is 3.97. The summed E-state index contributed by atoms with van der Waals surface area (Å²) in [6.45, 7) is 2.82. The molecular formula is C11H16O2S2. The number of thioether (sulfide) groups is 1. The van der Waals surface area contributed by atoms with E-state index in [1.807, 2.05) is 12.1 Å². The zero-order valence-electron chi connectivity index (χ0n) is 9.12. The van der Waals surface area contributed by atoms with Gasteiger partial charge >= 0.3 is 0 Å². The average molecular weight is 244 g/mol. The Hall–Kier alpha value is -0.320. The highest BCUT2D eigenvalue weighted by Crippen LogP contribution is 2.18. The minimum atomic E-state index is 0.237. The van der Waals surface area contributed by atoms with Gasteiger partial charge in [0.25, 0.3) is 0 Å². The number of aryl methyl sites for hydroxylation is 1. The fraction of sp³-hybridized carbons (Fsp3) is 0.545. The summed E-state index contributed by atoms with van der Waals surface area (Å²) in [5.41, 5.74) is 0. The number of rotatable bonds is 7. The highest BCUT2D eigenvalue weighted by atomic mass is 32.2. The molecule has 1 rings (SSSR count). The largest absolute Gasteiger partial charge is 0.384 e. The van der Waals surface area contributed by atoms with E-state index in [4.69, 9.17) is 4.74 Å². The number of hydrogen-bond acceptors (Lipinski definition) is 4. The van der Waals surface area contributed by atoms with Crippen LogP contribution in [0.5, 0.6) is 0 Å². The van der Waals surface area contributed by atoms with Gasteiger partial charge in [-0.1, -0.05) is 6.92 Å². The number of carbonyl (C=O) groups excluding carboxylic acids is 1. The minimum absolute atomic E-state index is 0.237. The molecule has 0 spiro atoms. The number of carbonyl (C=O) groups is 1. The van der Waals surface area contributed by atoms with E-state index in [2.05, 4.69) is 6.92 Å². The number of hydrogen-bond donors (Lipinski definition) is 0. The number of methoxy groups -OCH3 is 1. The Balaban J connectivity index is 2.33. The Kier molecular flexibility index (Phi) is 5.98. The molecule has 84 valence electrons. The minimum Gasteiger partial charge on any atom is -0.384 e. The predicted octanol–water partition coefficient (Wildman–Crippen LogP) is 2.87. The molecule has 0 saturated heterocycles. The lowest BCUT2D eigenvalue weighted by Crippen LogP contribution is -2.02. The van der Waals surface area contributed by atoms with Crippen molar-refractivity contribution >= 4 is 28.9 Å². The summed E-state index contributed by atoms with van der Waals surface area (Å²) in [7, 11) is 1.68. The molecule has 0 aliphatic carbocycles. The molecule has 0 saturated carbocycles. The third-order valence-corrected chi connectivity index (χ3v) is 4.14. The maximum atomic E-state index is 11.7. The van der Waals surface area contributed by atoms with Crippen LogP contribution in [-0.4, -0.2) is 31.0 Å². The quantitative estimate of drug-likeness (QED) is 0.545. The molecule has 0 atom stereocenters. The third-order valence-electron chi connectivity index (χ3n) is 1.95. The lowest BCUT2D eigenvalue weighted by atomic mass is 10.3. The van der Waals surface area contributed by atoms with Crippen LogP contribution in [0.3, 0.4) is 0 Å². The van der Waals surface area contributed by atoms with E-state index in [1.165, 1.54) is 4.88 Å². The van der Waals surface area contributed by atoms with Gasteiger partial charge in [0.1, 0.15) is 0 Å². The molecule has 0 bridgehead atoms. The first-order valence-corrected chi connectivity index (χ1v) is 6.93. The molecule has 15 heavy (non-hydrogen) atoms. The van der Waals surface area contributed by atoms with Gasteiger partial charge in [-0.2, -0.15) is 11.8 Å². The van der Waals surface area contributed by atoms with Crippen molar-refractivity contribution in [2.24, 2.45) is 0 Å². The molecule has 1 aromatic rings. The Morgan fingerprint density at radius 2 is 2.33 bits per heavy atom. The van der Waals surface area contributed by atoms with Crippen molar-refractivity contribution < 1.29 is 9.53 Å². The fourth-order valence-corrected chi connectivity index (χ4v) is 2.84. The third kappa shape index (κ3) is 4.36. The van der Waals surface area contributed by atoms with E-state index >= 15 is 0 Å². The number of Topliss-reactive ketones (excluding diaryl/α,β-unsaturated/α-hetero) is 1. The molecule has 0 aromatic carbocycles. The first-order valence-electron chi connectivity index (χ1n) is 4.96. The Labute approximate surface area is 99.0 Å². The smallest absolute Gasteiger partial charge is 0.182 e. The van der Waals surface area contributed by atoms with Gasteiger partial charge in [-0.25, -0.2) is 0 Å². The molecular weight excluding hydrogens is 228 g/mol. The molecule has 1 heterocycles. The van der Waals surface area contributed by atoms with Gasteiger partial charge in [-0.3, -0.25) is 4.79 Å². The van der Waals surface area contributed by atoms with Crippen LogP contribution in [0.25, 0.3) is 0 Å². The Morgan fingerprint density at radius 3 is 2.93 bits per heavy atom. The van der Waals surface area contributed by atoms with Gasteiger partial charge < -0.3 is 4.74 Å². The summed E-state index contributed by atoms with van der Waals surface area (Å²) in [5.74, 6) is 1.68. The molecule has 2 nitrogen and oxygen atoms in total. The molecule has 0 N–H and O–H groups in total. The fourth-order valence-electron chi connectivity index (χ4n) is 1.10. The van der Waals surface area contributed by atoms with E-state index in [0.29, 0.717) is 12.4 Å². The highest BCUT2D eigenvalue weighted by molar-refractivity contribution is 8.00. The first-order chi connectivity index (χ1) is 7.27. The van der Waals surface area contributed by atoms with Crippen molar-refractivity contribution in [2.45, 2.75) is 13.3 Å². The maximum absolute atomic E-state index is 11.7. The van der Waals surface area contributed by atoms with Crippen molar-refractivity contribution in [3.05, 3.63) is 21.9 Å². The van der Waals surface area contributed by atoms with Gasteiger partial charge in [0.15, 0.2) is 5.78 Å². The lowest BCUT2D eigenvalue weighted by Gasteiger charge is -1.98. The summed E-state index contributed by atoms with van der Waals surface area (Å²) >= 11 is 3.24. The van der Waals surface area contributed by atoms with Gasteiger partial charge in [-0.05, 0) is 18.6 Å². The van der Waals surface area contributed by atoms with Gasteiger partial charge in [0.2, 0.25) is 0 Å². The molecule has 0 fully saturated rings. The molecule has 0 amide bonds. The highest BCUT2D eigenvalue weighted by Gasteiger charge is 2.08. The predicted molar refractivity (Wildman–Crippen MR) is 67.2 cm³/mol. The van der Waals surface area contributed by atoms with Gasteiger partial charge in [-0.15, -0.1) is 11.3 Å². The van der Waals surface area contributed by atoms with Crippen LogP contribution >= 0.6 is 23.1 Å². The zero-order valence-corrected chi connectivity index (χ0v) is 10.7. The standard InChI is InChI=1S/C11H16O2S2/c1-3-9-4-5-11(15-9)10(12)8-14-7-6-13-2/h4-5H,3,6-8H2,1-2H3. The summed E-state index contributed by atoms with van der Waals surface area (Å²) < 4.78 is 4.92. The molecule has 0 aliphatic rings. The second-order valence-electron chi connectivity index (χ2n) is 3.09. The van der Waals surface area contributed by atoms with E-state index in [9.17, 15) is 4.79 Å². The van der Waals surface area contributed by atoms with Crippen molar-refractivity contribution in [1.29, 1.82) is 0 Å². The van der Waals surface area contributed by atoms with Crippen LogP contribution in [0.2, 0.25) is 0 Å². The van der Waals surface area contributed by atoms with Crippen LogP contribution in [0, 0.1) is 0 Å². The number of ketones is 1. The number of ether oxygens (including phenoxy) is 1. The molecule has 0 aliphatic heterocycles. The normalized spacial score (nSPS) is 10.5. The van der Waals surface area contributed by atoms with E-state index in [-0.39, 0.29) is 5.78 Å². The zero-order chi connectivity index (χ0) is 11.1. The first kappa shape index (κ1) is 12.7. The summed E-state index contributed by atoms with van der Waals surface area (Å²) in [5, 5.41) is 0. The van der Waals surface area contributed by atoms with E-state index in [1.54, 1.807) is 30.2 Å². The van der Waals surface area contributed by atoms with Crippen molar-refractivity contribution in [1.82, 2.24) is 0 Å². The van der Waals surface area contributed by atoms with Gasteiger partial charge in [0.05, 0.1) is 17.2 Å². The van der Waals surface area contributed by atoms with Crippen LogP contribution in [-0.2, 0) is 11.2 Å². The van der Waals surface area contributed by atoms with Crippen LogP contribution in [0.1, 0.15) is 21.5 Å². The molecule has 0 unspecified atom stereocenters. The van der Waals surface area contributed by atoms with Crippen LogP contribution in [0.4, 0.5) is 0 Å². The second-order valence-corrected chi connectivity index (χ2v) is 5.36. The second kappa shape index (κ2) is 7.04. The topological polar surface area (TPSA) is 26.3 Å².